The molecule has 0 spiro atoms. The number of carbonyl (C=O) groups excluding carboxylic acids is 4. The number of rotatable bonds is 20. The van der Waals surface area contributed by atoms with Gasteiger partial charge in [0.15, 0.2) is 0 Å². The third-order valence-electron chi connectivity index (χ3n) is 11.6. The van der Waals surface area contributed by atoms with Crippen LogP contribution in [0.2, 0.25) is 0 Å². The van der Waals surface area contributed by atoms with E-state index in [1.807, 2.05) is 13.8 Å². The average molecular weight is 989 g/mol. The number of likely N-dealkylation sites (tertiary alicyclic amines) is 2. The SMILES string of the molecule is CCSC(c1nnc(-c2ccc(NC(=O)NCCN3CCCC3)cc2)o1)c1ccccc1OC(=O)C(=O)Oc1ccccc1C(SCC)c1nnc(-c2ccc(NC(=O)NCCN3CCCC3)cc2)o1. The lowest BCUT2D eigenvalue weighted by molar-refractivity contribution is -0.156. The summed E-state index contributed by atoms with van der Waals surface area (Å²) in [7, 11) is 0. The van der Waals surface area contributed by atoms with Crippen molar-refractivity contribution in [3.05, 3.63) is 120 Å². The summed E-state index contributed by atoms with van der Waals surface area (Å²) in [6, 6.07) is 27.3. The van der Waals surface area contributed by atoms with Gasteiger partial charge in [0, 0.05) is 59.8 Å². The van der Waals surface area contributed by atoms with Gasteiger partial charge in [0.05, 0.1) is 0 Å². The van der Waals surface area contributed by atoms with Gasteiger partial charge in [0.2, 0.25) is 23.6 Å². The van der Waals surface area contributed by atoms with Crippen molar-refractivity contribution in [2.45, 2.75) is 50.0 Å². The minimum absolute atomic E-state index is 0.121. The summed E-state index contributed by atoms with van der Waals surface area (Å²) in [6.07, 6.45) is 4.80. The molecule has 2 saturated heterocycles. The highest BCUT2D eigenvalue weighted by atomic mass is 32.2. The number of urea groups is 2. The van der Waals surface area contributed by atoms with Gasteiger partial charge in [-0.2, -0.15) is 0 Å². The van der Waals surface area contributed by atoms with Crippen molar-refractivity contribution in [3.8, 4) is 34.4 Å². The first kappa shape index (κ1) is 49.7. The number of esters is 2. The third-order valence-corrected chi connectivity index (χ3v) is 13.8. The molecule has 8 rings (SSSR count). The first-order valence-electron chi connectivity index (χ1n) is 23.5. The quantitative estimate of drug-likeness (QED) is 0.0320. The van der Waals surface area contributed by atoms with E-state index in [2.05, 4.69) is 51.5 Å². The fraction of sp³-hybridized carbons (Fsp3) is 0.360. The van der Waals surface area contributed by atoms with Gasteiger partial charge in [-0.15, -0.1) is 43.9 Å². The molecule has 2 unspecified atom stereocenters. The topological polar surface area (TPSA) is 219 Å². The van der Waals surface area contributed by atoms with E-state index in [4.69, 9.17) is 18.3 Å². The number of aromatic nitrogens is 4. The first-order valence-corrected chi connectivity index (χ1v) is 25.6. The van der Waals surface area contributed by atoms with E-state index >= 15 is 0 Å². The molecule has 2 aromatic heterocycles. The maximum atomic E-state index is 13.5. The van der Waals surface area contributed by atoms with Crippen LogP contribution in [0.25, 0.3) is 22.9 Å². The number of para-hydroxylation sites is 2. The number of thioether (sulfide) groups is 2. The summed E-state index contributed by atoms with van der Waals surface area (Å²) in [5, 5.41) is 27.7. The molecule has 0 saturated carbocycles. The number of benzene rings is 4. The van der Waals surface area contributed by atoms with Crippen molar-refractivity contribution in [2.75, 3.05) is 74.5 Å². The molecule has 70 heavy (non-hydrogen) atoms. The Kier molecular flexibility index (Phi) is 17.5. The van der Waals surface area contributed by atoms with Crippen LogP contribution in [-0.4, -0.2) is 118 Å². The summed E-state index contributed by atoms with van der Waals surface area (Å²) >= 11 is 2.96. The Morgan fingerprint density at radius 2 is 0.943 bits per heavy atom. The zero-order valence-corrected chi connectivity index (χ0v) is 40.7. The number of hydrogen-bond acceptors (Lipinski definition) is 16. The molecule has 0 radical (unpaired) electrons. The average Bonchev–Trinajstić information content (AvgIpc) is 4.24. The van der Waals surface area contributed by atoms with E-state index in [0.29, 0.717) is 58.2 Å². The summed E-state index contributed by atoms with van der Waals surface area (Å²) in [5.41, 5.74) is 3.58. The second-order valence-electron chi connectivity index (χ2n) is 16.4. The Hall–Kier alpha value is -6.74. The van der Waals surface area contributed by atoms with Gasteiger partial charge in [-0.1, -0.05) is 50.2 Å². The van der Waals surface area contributed by atoms with Gasteiger partial charge < -0.3 is 49.4 Å². The van der Waals surface area contributed by atoms with Crippen molar-refractivity contribution < 1.29 is 37.5 Å². The van der Waals surface area contributed by atoms with Crippen LogP contribution in [0, 0.1) is 0 Å². The summed E-state index contributed by atoms with van der Waals surface area (Å²) in [4.78, 5) is 56.7. The highest BCUT2D eigenvalue weighted by Crippen LogP contribution is 2.42. The number of nitrogens with zero attached hydrogens (tertiary/aromatic N) is 6. The highest BCUT2D eigenvalue weighted by molar-refractivity contribution is 7.99. The van der Waals surface area contributed by atoms with Crippen molar-refractivity contribution in [3.63, 3.8) is 0 Å². The predicted molar refractivity (Wildman–Crippen MR) is 269 cm³/mol. The van der Waals surface area contributed by atoms with E-state index in [0.717, 1.165) is 39.3 Å². The van der Waals surface area contributed by atoms with Crippen molar-refractivity contribution in [1.82, 2.24) is 40.8 Å². The third kappa shape index (κ3) is 13.3. The zero-order valence-electron chi connectivity index (χ0n) is 39.1. The summed E-state index contributed by atoms with van der Waals surface area (Å²) in [5.74, 6) is 0.115. The lowest BCUT2D eigenvalue weighted by Crippen LogP contribution is -2.35. The molecule has 4 N–H and O–H groups in total. The van der Waals surface area contributed by atoms with Crippen LogP contribution in [0.5, 0.6) is 11.5 Å². The molecule has 0 aliphatic carbocycles. The number of hydrogen-bond donors (Lipinski definition) is 4. The Morgan fingerprint density at radius 3 is 1.33 bits per heavy atom. The molecule has 0 bridgehead atoms. The van der Waals surface area contributed by atoms with Crippen LogP contribution in [0.4, 0.5) is 21.0 Å². The van der Waals surface area contributed by atoms with E-state index in [1.54, 1.807) is 97.1 Å². The zero-order chi connectivity index (χ0) is 48.7. The van der Waals surface area contributed by atoms with Gasteiger partial charge in [0.25, 0.3) is 0 Å². The van der Waals surface area contributed by atoms with Gasteiger partial charge in [-0.25, -0.2) is 19.2 Å². The monoisotopic (exact) mass is 988 g/mol. The van der Waals surface area contributed by atoms with Gasteiger partial charge in [-0.3, -0.25) is 0 Å². The van der Waals surface area contributed by atoms with Crippen LogP contribution < -0.4 is 30.7 Å². The molecule has 2 atom stereocenters. The number of anilines is 2. The van der Waals surface area contributed by atoms with Crippen LogP contribution in [-0.2, 0) is 9.59 Å². The van der Waals surface area contributed by atoms with Crippen LogP contribution >= 0.6 is 23.5 Å². The van der Waals surface area contributed by atoms with Gasteiger partial charge >= 0.3 is 24.0 Å². The van der Waals surface area contributed by atoms with E-state index in [9.17, 15) is 19.2 Å². The maximum absolute atomic E-state index is 13.5. The van der Waals surface area contributed by atoms with Crippen LogP contribution in [0.3, 0.4) is 0 Å². The van der Waals surface area contributed by atoms with E-state index in [1.165, 1.54) is 49.2 Å². The van der Waals surface area contributed by atoms with Gasteiger partial charge in [0.1, 0.15) is 22.0 Å². The molecule has 366 valence electrons. The second-order valence-corrected chi connectivity index (χ2v) is 19.2. The standard InChI is InChI=1S/C50H56N10O8S2/c1-3-69-41(45-57-55-43(67-45)33-17-21-35(22-18-33)53-49(63)51-25-31-59-27-9-10-28-59)37-13-5-7-15-39(37)65-47(61)48(62)66-40-16-8-6-14-38(40)42(70-4-2)46-58-56-44(68-46)34-19-23-36(24-20-34)54-50(64)52-26-32-60-29-11-12-30-60/h5-8,13-24,41-42H,3-4,9-12,25-32H2,1-2H3,(H2,51,53,63)(H2,52,54,64). The largest absolute Gasteiger partial charge is 0.423 e. The molecule has 4 aromatic carbocycles. The van der Waals surface area contributed by atoms with Crippen molar-refractivity contribution >= 4 is 58.9 Å². The summed E-state index contributed by atoms with van der Waals surface area (Å²) in [6.45, 7) is 11.0. The lowest BCUT2D eigenvalue weighted by Gasteiger charge is -2.17. The van der Waals surface area contributed by atoms with Crippen LogP contribution in [0.15, 0.2) is 106 Å². The molecule has 6 aromatic rings. The van der Waals surface area contributed by atoms with E-state index in [-0.39, 0.29) is 47.1 Å². The fourth-order valence-corrected chi connectivity index (χ4v) is 10.0. The van der Waals surface area contributed by atoms with Gasteiger partial charge in [-0.05, 0) is 124 Å². The van der Waals surface area contributed by atoms with Crippen molar-refractivity contribution in [2.24, 2.45) is 0 Å². The first-order chi connectivity index (χ1) is 34.2. The second kappa shape index (κ2) is 24.7. The molecule has 20 heteroatoms. The Bertz CT molecular complexity index is 2500. The Morgan fingerprint density at radius 1 is 0.557 bits per heavy atom. The molecular formula is C50H56N10O8S2. The van der Waals surface area contributed by atoms with Crippen molar-refractivity contribution in [1.29, 1.82) is 0 Å². The fourth-order valence-electron chi connectivity index (χ4n) is 8.11. The predicted octanol–water partition coefficient (Wildman–Crippen LogP) is 8.42. The number of nitrogens with one attached hydrogen (secondary N) is 4. The maximum Gasteiger partial charge on any atom is 0.423 e. The number of carbonyl (C=O) groups is 4. The Balaban J connectivity index is 0.887. The van der Waals surface area contributed by atoms with Crippen LogP contribution in [0.1, 0.15) is 72.9 Å². The molecule has 2 aliphatic heterocycles. The van der Waals surface area contributed by atoms with E-state index < -0.39 is 22.4 Å². The molecular weight excluding hydrogens is 933 g/mol. The minimum Gasteiger partial charge on any atom is -0.419 e. The molecule has 2 aliphatic rings. The summed E-state index contributed by atoms with van der Waals surface area (Å²) < 4.78 is 23.8. The lowest BCUT2D eigenvalue weighted by atomic mass is 10.1. The molecule has 2 fully saturated rings. The molecule has 4 amide bonds. The Labute approximate surface area is 414 Å². The number of ether oxygens (including phenoxy) is 2. The smallest absolute Gasteiger partial charge is 0.419 e. The normalized spacial score (nSPS) is 14.7. The number of amides is 4. The molecule has 18 nitrogen and oxygen atoms in total. The highest BCUT2D eigenvalue weighted by Gasteiger charge is 2.30. The minimum atomic E-state index is -1.24. The molecule has 4 heterocycles.